The van der Waals surface area contributed by atoms with E-state index in [-0.39, 0.29) is 11.8 Å². The number of para-hydroxylation sites is 1. The van der Waals surface area contributed by atoms with Gasteiger partial charge in [-0.1, -0.05) is 52.2 Å². The van der Waals surface area contributed by atoms with Crippen LogP contribution in [0.25, 0.3) is 28.1 Å². The van der Waals surface area contributed by atoms with Crippen molar-refractivity contribution in [2.75, 3.05) is 0 Å². The van der Waals surface area contributed by atoms with Gasteiger partial charge in [-0.25, -0.2) is 0 Å². The molecule has 2 aromatic carbocycles. The molecule has 192 valence electrons. The standard InChI is InChI=1S/C27H23ClN6O4/c1-15-20(14-37-32-15)25(35)31-27(11-12-27)26(36)29-13-17-7-9-18(10-8-17)34-21-6-4-3-5-19(21)22(28)23(34)24-30-16(2)38-33-24/h3-10,14H,11-13H2,1-2H3,(H,29,36)(H,31,35). The Kier molecular flexibility index (Phi) is 5.76. The van der Waals surface area contributed by atoms with Crippen LogP contribution in [-0.4, -0.2) is 37.2 Å². The second kappa shape index (κ2) is 9.14. The molecule has 0 atom stereocenters. The normalized spacial score (nSPS) is 14.0. The summed E-state index contributed by atoms with van der Waals surface area (Å²) in [6.07, 6.45) is 2.44. The summed E-state index contributed by atoms with van der Waals surface area (Å²) in [7, 11) is 0. The second-order valence-electron chi connectivity index (χ2n) is 9.35. The van der Waals surface area contributed by atoms with Crippen LogP contribution in [0.5, 0.6) is 0 Å². The fraction of sp³-hybridized carbons (Fsp3) is 0.222. The summed E-state index contributed by atoms with van der Waals surface area (Å²) >= 11 is 6.77. The molecule has 0 unspecified atom stereocenters. The van der Waals surface area contributed by atoms with Gasteiger partial charge in [-0.3, -0.25) is 9.59 Å². The van der Waals surface area contributed by atoms with Gasteiger partial charge in [-0.05, 0) is 43.5 Å². The number of hydrogen-bond donors (Lipinski definition) is 2. The topological polar surface area (TPSA) is 128 Å². The van der Waals surface area contributed by atoms with Gasteiger partial charge in [0.1, 0.15) is 23.1 Å². The minimum Gasteiger partial charge on any atom is -0.364 e. The molecule has 3 heterocycles. The van der Waals surface area contributed by atoms with Crippen LogP contribution in [-0.2, 0) is 11.3 Å². The van der Waals surface area contributed by atoms with Crippen LogP contribution in [0, 0.1) is 13.8 Å². The number of fused-ring (bicyclic) bond motifs is 1. The summed E-state index contributed by atoms with van der Waals surface area (Å²) in [5.41, 5.74) is 3.21. The molecule has 1 aliphatic rings. The number of benzene rings is 2. The lowest BCUT2D eigenvalue weighted by atomic mass is 10.1. The number of nitrogens with one attached hydrogen (secondary N) is 2. The Morgan fingerprint density at radius 2 is 1.84 bits per heavy atom. The van der Waals surface area contributed by atoms with Crippen molar-refractivity contribution >= 4 is 34.3 Å². The Bertz CT molecular complexity index is 1680. The van der Waals surface area contributed by atoms with Crippen LogP contribution in [0.3, 0.4) is 0 Å². The fourth-order valence-corrected chi connectivity index (χ4v) is 4.83. The van der Waals surface area contributed by atoms with Crippen molar-refractivity contribution in [2.45, 2.75) is 38.8 Å². The zero-order valence-electron chi connectivity index (χ0n) is 20.6. The van der Waals surface area contributed by atoms with Crippen molar-refractivity contribution in [3.63, 3.8) is 0 Å². The summed E-state index contributed by atoms with van der Waals surface area (Å²) in [5.74, 6) is 0.256. The zero-order chi connectivity index (χ0) is 26.4. The SMILES string of the molecule is Cc1nc(-c2c(Cl)c3ccccc3n2-c2ccc(CNC(=O)C3(NC(=O)c4conc4C)CC3)cc2)no1. The lowest BCUT2D eigenvalue weighted by Crippen LogP contribution is -2.48. The molecule has 0 saturated heterocycles. The van der Waals surface area contributed by atoms with Gasteiger partial charge in [0.2, 0.25) is 17.6 Å². The highest BCUT2D eigenvalue weighted by Gasteiger charge is 2.51. The summed E-state index contributed by atoms with van der Waals surface area (Å²) in [5, 5.41) is 15.0. The van der Waals surface area contributed by atoms with Crippen molar-refractivity contribution in [3.8, 4) is 17.2 Å². The first-order chi connectivity index (χ1) is 18.4. The monoisotopic (exact) mass is 530 g/mol. The van der Waals surface area contributed by atoms with E-state index in [9.17, 15) is 9.59 Å². The highest BCUT2D eigenvalue weighted by molar-refractivity contribution is 6.38. The molecular formula is C27H23ClN6O4. The third-order valence-electron chi connectivity index (χ3n) is 6.73. The van der Waals surface area contributed by atoms with Gasteiger partial charge in [-0.15, -0.1) is 0 Å². The predicted octanol–water partition coefficient (Wildman–Crippen LogP) is 4.52. The minimum atomic E-state index is -0.904. The van der Waals surface area contributed by atoms with Gasteiger partial charge in [0.25, 0.3) is 5.91 Å². The maximum Gasteiger partial charge on any atom is 0.257 e. The average Bonchev–Trinajstić information content (AvgIpc) is 3.21. The van der Waals surface area contributed by atoms with Crippen molar-refractivity contribution in [1.82, 2.24) is 30.5 Å². The molecule has 10 nitrogen and oxygen atoms in total. The third-order valence-corrected chi connectivity index (χ3v) is 7.11. The molecule has 1 saturated carbocycles. The Balaban J connectivity index is 1.21. The van der Waals surface area contributed by atoms with Crippen LogP contribution in [0.15, 0.2) is 63.8 Å². The van der Waals surface area contributed by atoms with E-state index in [2.05, 4.69) is 25.9 Å². The summed E-state index contributed by atoms with van der Waals surface area (Å²) in [6, 6.07) is 15.6. The van der Waals surface area contributed by atoms with Gasteiger partial charge in [0.05, 0.1) is 16.2 Å². The Labute approximate surface area is 221 Å². The summed E-state index contributed by atoms with van der Waals surface area (Å²) in [4.78, 5) is 29.9. The highest BCUT2D eigenvalue weighted by atomic mass is 35.5. The number of carbonyl (C=O) groups is 2. The molecule has 2 N–H and O–H groups in total. The number of carbonyl (C=O) groups excluding carboxylic acids is 2. The highest BCUT2D eigenvalue weighted by Crippen LogP contribution is 2.39. The Morgan fingerprint density at radius 1 is 1.08 bits per heavy atom. The Morgan fingerprint density at radius 3 is 2.50 bits per heavy atom. The molecule has 1 aliphatic carbocycles. The van der Waals surface area contributed by atoms with Gasteiger partial charge >= 0.3 is 0 Å². The number of hydrogen-bond acceptors (Lipinski definition) is 7. The number of halogens is 1. The van der Waals surface area contributed by atoms with E-state index in [0.29, 0.717) is 53.1 Å². The van der Waals surface area contributed by atoms with E-state index < -0.39 is 5.54 Å². The van der Waals surface area contributed by atoms with E-state index in [1.54, 1.807) is 13.8 Å². The first-order valence-electron chi connectivity index (χ1n) is 12.1. The molecule has 38 heavy (non-hydrogen) atoms. The maximum atomic E-state index is 12.9. The number of nitrogens with zero attached hydrogens (tertiary/aromatic N) is 4. The quantitative estimate of drug-likeness (QED) is 0.316. The predicted molar refractivity (Wildman–Crippen MR) is 139 cm³/mol. The van der Waals surface area contributed by atoms with Crippen LogP contribution >= 0.6 is 11.6 Å². The molecule has 2 amide bonds. The summed E-state index contributed by atoms with van der Waals surface area (Å²) < 4.78 is 12.0. The lowest BCUT2D eigenvalue weighted by molar-refractivity contribution is -0.124. The zero-order valence-corrected chi connectivity index (χ0v) is 21.4. The van der Waals surface area contributed by atoms with E-state index in [0.717, 1.165) is 22.2 Å². The van der Waals surface area contributed by atoms with Crippen molar-refractivity contribution in [2.24, 2.45) is 0 Å². The molecule has 0 aliphatic heterocycles. The minimum absolute atomic E-state index is 0.220. The van der Waals surface area contributed by atoms with E-state index in [1.807, 2.05) is 53.1 Å². The molecule has 6 rings (SSSR count). The number of rotatable bonds is 7. The van der Waals surface area contributed by atoms with Crippen LogP contribution in [0.4, 0.5) is 0 Å². The molecule has 0 bridgehead atoms. The van der Waals surface area contributed by atoms with Crippen LogP contribution in [0.2, 0.25) is 5.02 Å². The number of amides is 2. The van der Waals surface area contributed by atoms with Gasteiger partial charge in [-0.2, -0.15) is 4.98 Å². The van der Waals surface area contributed by atoms with Gasteiger partial charge in [0, 0.05) is 24.5 Å². The molecule has 0 spiro atoms. The lowest BCUT2D eigenvalue weighted by Gasteiger charge is -2.17. The van der Waals surface area contributed by atoms with Gasteiger partial charge < -0.3 is 24.2 Å². The molecule has 0 radical (unpaired) electrons. The number of aryl methyl sites for hydroxylation is 2. The Hall–Kier alpha value is -4.44. The molecule has 3 aromatic heterocycles. The van der Waals surface area contributed by atoms with Gasteiger partial charge in [0.15, 0.2) is 0 Å². The van der Waals surface area contributed by atoms with Crippen molar-refractivity contribution < 1.29 is 18.6 Å². The van der Waals surface area contributed by atoms with Crippen LogP contribution < -0.4 is 10.6 Å². The van der Waals surface area contributed by atoms with E-state index in [1.165, 1.54) is 6.26 Å². The summed E-state index contributed by atoms with van der Waals surface area (Å²) in [6.45, 7) is 3.72. The second-order valence-corrected chi connectivity index (χ2v) is 9.73. The molecule has 1 fully saturated rings. The molecular weight excluding hydrogens is 508 g/mol. The van der Waals surface area contributed by atoms with E-state index >= 15 is 0 Å². The van der Waals surface area contributed by atoms with Crippen LogP contribution in [0.1, 0.15) is 40.3 Å². The largest absolute Gasteiger partial charge is 0.364 e. The number of aromatic nitrogens is 4. The van der Waals surface area contributed by atoms with Crippen molar-refractivity contribution in [3.05, 3.63) is 82.5 Å². The first-order valence-corrected chi connectivity index (χ1v) is 12.4. The smallest absolute Gasteiger partial charge is 0.257 e. The molecule has 11 heteroatoms. The average molecular weight is 531 g/mol. The fourth-order valence-electron chi connectivity index (χ4n) is 4.51. The molecule has 5 aromatic rings. The third kappa shape index (κ3) is 4.12. The van der Waals surface area contributed by atoms with E-state index in [4.69, 9.17) is 20.6 Å². The van der Waals surface area contributed by atoms with Crippen molar-refractivity contribution in [1.29, 1.82) is 0 Å². The first kappa shape index (κ1) is 23.9. The maximum absolute atomic E-state index is 12.9.